The number of carboxylic acid groups (broad SMARTS) is 1. The highest BCUT2D eigenvalue weighted by Gasteiger charge is 2.45. The number of pyridine rings is 1. The molecule has 0 spiro atoms. The number of urea groups is 1. The molecule has 3 aliphatic rings. The number of rotatable bonds is 10. The zero-order valence-corrected chi connectivity index (χ0v) is 27.0. The highest BCUT2D eigenvalue weighted by Crippen LogP contribution is 2.38. The Morgan fingerprint density at radius 2 is 1.80 bits per heavy atom. The van der Waals surface area contributed by atoms with Crippen LogP contribution >= 0.6 is 23.4 Å². The van der Waals surface area contributed by atoms with Gasteiger partial charge >= 0.3 is 12.0 Å². The topological polar surface area (TPSA) is 95.4 Å². The molecule has 9 nitrogen and oxygen atoms in total. The average Bonchev–Trinajstić information content (AvgIpc) is 3.39. The van der Waals surface area contributed by atoms with Crippen LogP contribution in [0, 0.1) is 6.92 Å². The van der Waals surface area contributed by atoms with Gasteiger partial charge in [0.25, 0.3) is 0 Å². The number of aryl methyl sites for hydroxylation is 1. The molecule has 1 atom stereocenters. The maximum Gasteiger partial charge on any atom is 0.321 e. The van der Waals surface area contributed by atoms with Gasteiger partial charge in [0.15, 0.2) is 0 Å². The lowest BCUT2D eigenvalue weighted by Crippen LogP contribution is -2.48. The van der Waals surface area contributed by atoms with Gasteiger partial charge in [0.2, 0.25) is 5.88 Å². The van der Waals surface area contributed by atoms with E-state index in [1.165, 1.54) is 11.8 Å². The maximum absolute atomic E-state index is 13.9. The monoisotopic (exact) mass is 650 g/mol. The van der Waals surface area contributed by atoms with E-state index in [2.05, 4.69) is 26.8 Å². The van der Waals surface area contributed by atoms with Gasteiger partial charge in [-0.15, -0.1) is 11.8 Å². The van der Waals surface area contributed by atoms with Crippen molar-refractivity contribution in [3.05, 3.63) is 82.5 Å². The number of ether oxygens (including phenoxy) is 2. The van der Waals surface area contributed by atoms with Crippen LogP contribution in [0.2, 0.25) is 5.02 Å². The second kappa shape index (κ2) is 14.4. The van der Waals surface area contributed by atoms with Crippen LogP contribution in [0.15, 0.2) is 65.6 Å². The number of carboxylic acids is 1. The van der Waals surface area contributed by atoms with Gasteiger partial charge in [-0.05, 0) is 80.1 Å². The molecule has 0 saturated carbocycles. The van der Waals surface area contributed by atoms with E-state index < -0.39 is 5.97 Å². The van der Waals surface area contributed by atoms with Crippen molar-refractivity contribution < 1.29 is 24.2 Å². The fraction of sp³-hybridized carbons (Fsp3) is 0.441. The number of nitrogens with zero attached hydrogens (tertiary/aromatic N) is 4. The van der Waals surface area contributed by atoms with Crippen LogP contribution in [0.25, 0.3) is 0 Å². The minimum Gasteiger partial charge on any atom is -0.481 e. The molecule has 45 heavy (non-hydrogen) atoms. The first-order valence-corrected chi connectivity index (χ1v) is 16.9. The fourth-order valence-corrected chi connectivity index (χ4v) is 7.40. The Labute approximate surface area is 273 Å². The normalized spacial score (nSPS) is 20.1. The van der Waals surface area contributed by atoms with Crippen molar-refractivity contribution in [2.24, 2.45) is 0 Å². The first kappa shape index (κ1) is 31.7. The summed E-state index contributed by atoms with van der Waals surface area (Å²) < 4.78 is 11.5. The SMILES string of the molecule is Cc1nc(Oc2ccc(SCC(=O)O)cc2)ccc1CN1CCC(N2C(=O)N(C3CCOCC3)CC2c2cccc(Cl)c2)CC1. The molecule has 238 valence electrons. The van der Waals surface area contributed by atoms with Crippen molar-refractivity contribution in [2.45, 2.75) is 62.2 Å². The van der Waals surface area contributed by atoms with Crippen LogP contribution < -0.4 is 4.74 Å². The Morgan fingerprint density at radius 3 is 2.49 bits per heavy atom. The van der Waals surface area contributed by atoms with E-state index in [-0.39, 0.29) is 29.9 Å². The Kier molecular flexibility index (Phi) is 10.1. The largest absolute Gasteiger partial charge is 0.481 e. The lowest BCUT2D eigenvalue weighted by atomic mass is 9.98. The van der Waals surface area contributed by atoms with E-state index in [0.717, 1.165) is 67.0 Å². The molecule has 0 radical (unpaired) electrons. The molecule has 0 aliphatic carbocycles. The maximum atomic E-state index is 13.9. The number of halogens is 1. The van der Waals surface area contributed by atoms with Crippen molar-refractivity contribution in [3.63, 3.8) is 0 Å². The molecule has 3 aliphatic heterocycles. The van der Waals surface area contributed by atoms with Gasteiger partial charge in [-0.2, -0.15) is 0 Å². The number of thioether (sulfide) groups is 1. The van der Waals surface area contributed by atoms with Gasteiger partial charge in [-0.1, -0.05) is 29.8 Å². The highest BCUT2D eigenvalue weighted by molar-refractivity contribution is 8.00. The van der Waals surface area contributed by atoms with Gasteiger partial charge < -0.3 is 24.4 Å². The van der Waals surface area contributed by atoms with Gasteiger partial charge in [0, 0.05) is 73.2 Å². The van der Waals surface area contributed by atoms with Crippen LogP contribution in [0.5, 0.6) is 11.6 Å². The van der Waals surface area contributed by atoms with Crippen LogP contribution in [-0.4, -0.2) is 87.5 Å². The summed E-state index contributed by atoms with van der Waals surface area (Å²) in [6, 6.07) is 19.8. The molecule has 2 amide bonds. The lowest BCUT2D eigenvalue weighted by molar-refractivity contribution is -0.133. The first-order chi connectivity index (χ1) is 21.8. The summed E-state index contributed by atoms with van der Waals surface area (Å²) in [6.07, 6.45) is 3.60. The summed E-state index contributed by atoms with van der Waals surface area (Å²) >= 11 is 7.66. The molecule has 3 fully saturated rings. The molecule has 0 bridgehead atoms. The third-order valence-electron chi connectivity index (χ3n) is 8.96. The summed E-state index contributed by atoms with van der Waals surface area (Å²) in [5, 5.41) is 9.57. The van der Waals surface area contributed by atoms with Crippen LogP contribution in [0.1, 0.15) is 48.5 Å². The molecular weight excluding hydrogens is 612 g/mol. The van der Waals surface area contributed by atoms with Crippen molar-refractivity contribution >= 4 is 35.4 Å². The van der Waals surface area contributed by atoms with Crippen molar-refractivity contribution in [3.8, 4) is 11.6 Å². The van der Waals surface area contributed by atoms with Gasteiger partial charge in [0.1, 0.15) is 5.75 Å². The van der Waals surface area contributed by atoms with E-state index in [1.54, 1.807) is 0 Å². The second-order valence-corrected chi connectivity index (χ2v) is 13.4. The predicted octanol–water partition coefficient (Wildman–Crippen LogP) is 6.63. The smallest absolute Gasteiger partial charge is 0.321 e. The number of piperidine rings is 1. The summed E-state index contributed by atoms with van der Waals surface area (Å²) in [7, 11) is 0. The molecule has 1 N–H and O–H groups in total. The summed E-state index contributed by atoms with van der Waals surface area (Å²) in [5.74, 6) is 0.356. The van der Waals surface area contributed by atoms with Crippen LogP contribution in [-0.2, 0) is 16.1 Å². The van der Waals surface area contributed by atoms with Crippen molar-refractivity contribution in [1.29, 1.82) is 0 Å². The number of carbonyl (C=O) groups is 2. The number of benzene rings is 2. The van der Waals surface area contributed by atoms with E-state index in [1.807, 2.05) is 55.5 Å². The van der Waals surface area contributed by atoms with Crippen molar-refractivity contribution in [1.82, 2.24) is 19.7 Å². The summed E-state index contributed by atoms with van der Waals surface area (Å²) in [5.41, 5.74) is 3.18. The molecule has 11 heteroatoms. The van der Waals surface area contributed by atoms with Gasteiger partial charge in [0.05, 0.1) is 11.8 Å². The Morgan fingerprint density at radius 1 is 1.04 bits per heavy atom. The van der Waals surface area contributed by atoms with Crippen molar-refractivity contribution in [2.75, 3.05) is 38.6 Å². The number of hydrogen-bond acceptors (Lipinski definition) is 7. The summed E-state index contributed by atoms with van der Waals surface area (Å²) in [4.78, 5) is 37.0. The second-order valence-electron chi connectivity index (χ2n) is 11.9. The first-order valence-electron chi connectivity index (χ1n) is 15.6. The lowest BCUT2D eigenvalue weighted by Gasteiger charge is -2.39. The Bertz CT molecular complexity index is 1490. The van der Waals surface area contributed by atoms with Gasteiger partial charge in [-0.3, -0.25) is 9.69 Å². The molecular formula is C34H39ClN4O5S. The Balaban J connectivity index is 1.07. The van der Waals surface area contributed by atoms with E-state index in [4.69, 9.17) is 31.2 Å². The number of aliphatic carboxylic acids is 1. The number of hydrogen-bond donors (Lipinski definition) is 1. The van der Waals surface area contributed by atoms with E-state index >= 15 is 0 Å². The standard InChI is InChI=1S/C34H39ClN4O5S/c1-23-25(5-10-32(36-23)44-29-6-8-30(9-7-29)45-22-33(40)41)20-37-15-11-28(12-16-37)39-31(24-3-2-4-26(35)19-24)21-38(34(39)42)27-13-17-43-18-14-27/h2-10,19,27-28,31H,11-18,20-22H2,1H3,(H,40,41). The zero-order valence-electron chi connectivity index (χ0n) is 25.4. The summed E-state index contributed by atoms with van der Waals surface area (Å²) in [6.45, 7) is 6.70. The minimum absolute atomic E-state index is 0.00529. The molecule has 3 saturated heterocycles. The number of carbonyl (C=O) groups excluding carboxylic acids is 1. The number of likely N-dealkylation sites (tertiary alicyclic amines) is 1. The van der Waals surface area contributed by atoms with Crippen LogP contribution in [0.4, 0.5) is 4.79 Å². The predicted molar refractivity (Wildman–Crippen MR) is 174 cm³/mol. The third kappa shape index (κ3) is 7.74. The quantitative estimate of drug-likeness (QED) is 0.244. The number of aromatic nitrogens is 1. The molecule has 6 rings (SSSR count). The third-order valence-corrected chi connectivity index (χ3v) is 10.2. The van der Waals surface area contributed by atoms with E-state index in [9.17, 15) is 9.59 Å². The minimum atomic E-state index is -0.842. The fourth-order valence-electron chi connectivity index (χ4n) is 6.58. The molecule has 1 aromatic heterocycles. The number of amides is 2. The average molecular weight is 651 g/mol. The zero-order chi connectivity index (χ0) is 31.3. The van der Waals surface area contributed by atoms with Crippen LogP contribution in [0.3, 0.4) is 0 Å². The van der Waals surface area contributed by atoms with E-state index in [0.29, 0.717) is 36.4 Å². The molecule has 4 heterocycles. The Hall–Kier alpha value is -3.31. The molecule has 3 aromatic rings. The highest BCUT2D eigenvalue weighted by atomic mass is 35.5. The molecule has 1 unspecified atom stereocenters. The van der Waals surface area contributed by atoms with Gasteiger partial charge in [-0.25, -0.2) is 9.78 Å². The molecule has 2 aromatic carbocycles.